The summed E-state index contributed by atoms with van der Waals surface area (Å²) in [7, 11) is 0. The Morgan fingerprint density at radius 1 is 0.889 bits per heavy atom. The second-order valence-electron chi connectivity index (χ2n) is 8.43. The number of amides is 2. The van der Waals surface area contributed by atoms with Crippen LogP contribution in [0.2, 0.25) is 10.0 Å². The molecule has 5 aromatic rings. The lowest BCUT2D eigenvalue weighted by Crippen LogP contribution is -2.17. The number of thioether (sulfide) groups is 1. The van der Waals surface area contributed by atoms with Crippen LogP contribution >= 0.6 is 35.0 Å². The number of imidazole rings is 1. The maximum Gasteiger partial charge on any atom is 0.290 e. The zero-order valence-corrected chi connectivity index (χ0v) is 21.0. The molecule has 1 fully saturated rings. The summed E-state index contributed by atoms with van der Waals surface area (Å²) in [6, 6.07) is 26.0. The normalized spacial score (nSPS) is 14.8. The SMILES string of the molecule is O=C1NC(=O)C(=Cc2ccc(-c3nc4cc(Cl)c(Cl)cc4n3Cc3ccc4ccccc4c3)cc2)S1. The molecule has 1 N–H and O–H groups in total. The highest BCUT2D eigenvalue weighted by Crippen LogP contribution is 2.33. The molecular formula is C28H17Cl2N3O2S. The van der Waals surface area contributed by atoms with E-state index in [2.05, 4.69) is 40.2 Å². The fourth-order valence-electron chi connectivity index (χ4n) is 4.32. The first-order valence-electron chi connectivity index (χ1n) is 11.1. The van der Waals surface area contributed by atoms with Crippen LogP contribution in [0.5, 0.6) is 0 Å². The van der Waals surface area contributed by atoms with Crippen molar-refractivity contribution in [1.29, 1.82) is 0 Å². The van der Waals surface area contributed by atoms with Crippen molar-refractivity contribution in [2.75, 3.05) is 0 Å². The molecule has 1 aromatic heterocycles. The van der Waals surface area contributed by atoms with Gasteiger partial charge in [-0.05, 0) is 57.9 Å². The zero-order chi connectivity index (χ0) is 24.8. The van der Waals surface area contributed by atoms with Crippen LogP contribution in [0.1, 0.15) is 11.1 Å². The van der Waals surface area contributed by atoms with Crippen molar-refractivity contribution in [3.8, 4) is 11.4 Å². The minimum absolute atomic E-state index is 0.359. The Hall–Kier alpha value is -3.58. The molecule has 36 heavy (non-hydrogen) atoms. The van der Waals surface area contributed by atoms with Crippen molar-refractivity contribution < 1.29 is 9.59 Å². The lowest BCUT2D eigenvalue weighted by molar-refractivity contribution is -0.115. The van der Waals surface area contributed by atoms with Crippen molar-refractivity contribution >= 4 is 74.0 Å². The van der Waals surface area contributed by atoms with Crippen molar-refractivity contribution in [3.05, 3.63) is 105 Å². The third kappa shape index (κ3) is 4.28. The summed E-state index contributed by atoms with van der Waals surface area (Å²) in [6.45, 7) is 0.597. The van der Waals surface area contributed by atoms with Crippen LogP contribution in [0.15, 0.2) is 83.8 Å². The third-order valence-corrected chi connectivity index (χ3v) is 7.59. The average molecular weight is 530 g/mol. The van der Waals surface area contributed by atoms with Gasteiger partial charge in [-0.1, -0.05) is 83.9 Å². The van der Waals surface area contributed by atoms with Gasteiger partial charge in [-0.3, -0.25) is 14.9 Å². The second kappa shape index (κ2) is 9.13. The van der Waals surface area contributed by atoms with Crippen LogP contribution in [-0.2, 0) is 11.3 Å². The molecule has 6 rings (SSSR count). The second-order valence-corrected chi connectivity index (χ2v) is 10.3. The van der Waals surface area contributed by atoms with Gasteiger partial charge in [-0.15, -0.1) is 0 Å². The molecule has 5 nitrogen and oxygen atoms in total. The molecule has 0 radical (unpaired) electrons. The van der Waals surface area contributed by atoms with Crippen LogP contribution in [0.3, 0.4) is 0 Å². The summed E-state index contributed by atoms with van der Waals surface area (Å²) in [5.74, 6) is 0.402. The van der Waals surface area contributed by atoms with Gasteiger partial charge in [0.2, 0.25) is 0 Å². The van der Waals surface area contributed by atoms with Gasteiger partial charge >= 0.3 is 0 Å². The van der Waals surface area contributed by atoms with E-state index in [0.29, 0.717) is 21.5 Å². The van der Waals surface area contributed by atoms with E-state index in [1.54, 1.807) is 12.1 Å². The molecule has 0 spiro atoms. The highest BCUT2D eigenvalue weighted by Gasteiger charge is 2.25. The van der Waals surface area contributed by atoms with E-state index in [0.717, 1.165) is 45.3 Å². The Kier molecular flexibility index (Phi) is 5.80. The fourth-order valence-corrected chi connectivity index (χ4v) is 5.32. The Morgan fingerprint density at radius 3 is 2.39 bits per heavy atom. The lowest BCUT2D eigenvalue weighted by Gasteiger charge is -2.11. The number of rotatable bonds is 4. The summed E-state index contributed by atoms with van der Waals surface area (Å²) in [4.78, 5) is 28.6. The fraction of sp³-hybridized carbons (Fsp3) is 0.0357. The molecule has 0 saturated carbocycles. The van der Waals surface area contributed by atoms with Crippen molar-refractivity contribution in [1.82, 2.24) is 14.9 Å². The number of hydrogen-bond acceptors (Lipinski definition) is 4. The summed E-state index contributed by atoms with van der Waals surface area (Å²) >= 11 is 13.6. The monoisotopic (exact) mass is 529 g/mol. The summed E-state index contributed by atoms with van der Waals surface area (Å²) < 4.78 is 2.13. The number of carbonyl (C=O) groups excluding carboxylic acids is 2. The van der Waals surface area contributed by atoms with Crippen LogP contribution in [0, 0.1) is 0 Å². The van der Waals surface area contributed by atoms with Gasteiger partial charge in [0.15, 0.2) is 0 Å². The third-order valence-electron chi connectivity index (χ3n) is 6.05. The molecule has 0 atom stereocenters. The first-order valence-corrected chi connectivity index (χ1v) is 12.7. The Bertz CT molecular complexity index is 1730. The molecule has 2 amide bonds. The van der Waals surface area contributed by atoms with E-state index >= 15 is 0 Å². The van der Waals surface area contributed by atoms with Crippen molar-refractivity contribution in [2.45, 2.75) is 6.54 Å². The first-order chi connectivity index (χ1) is 17.4. The van der Waals surface area contributed by atoms with Gasteiger partial charge in [-0.25, -0.2) is 4.98 Å². The Labute approximate surface area is 220 Å². The number of benzene rings is 4. The lowest BCUT2D eigenvalue weighted by atomic mass is 10.1. The van der Waals surface area contributed by atoms with Gasteiger partial charge < -0.3 is 4.57 Å². The molecular weight excluding hydrogens is 513 g/mol. The maximum absolute atomic E-state index is 11.9. The van der Waals surface area contributed by atoms with E-state index < -0.39 is 0 Å². The molecule has 4 aromatic carbocycles. The van der Waals surface area contributed by atoms with Crippen molar-refractivity contribution in [3.63, 3.8) is 0 Å². The van der Waals surface area contributed by atoms with Crippen LogP contribution in [-0.4, -0.2) is 20.7 Å². The van der Waals surface area contributed by atoms with Crippen LogP contribution in [0.25, 0.3) is 39.3 Å². The molecule has 0 bridgehead atoms. The van der Waals surface area contributed by atoms with Crippen LogP contribution in [0.4, 0.5) is 4.79 Å². The van der Waals surface area contributed by atoms with Crippen LogP contribution < -0.4 is 5.32 Å². The largest absolute Gasteiger partial charge is 0.319 e. The van der Waals surface area contributed by atoms with Gasteiger partial charge in [0.1, 0.15) is 5.82 Å². The number of carbonyl (C=O) groups is 2. The highest BCUT2D eigenvalue weighted by molar-refractivity contribution is 8.18. The van der Waals surface area contributed by atoms with E-state index in [-0.39, 0.29) is 11.1 Å². The Balaban J connectivity index is 1.43. The minimum Gasteiger partial charge on any atom is -0.319 e. The van der Waals surface area contributed by atoms with Gasteiger partial charge in [0.25, 0.3) is 11.1 Å². The summed E-state index contributed by atoms with van der Waals surface area (Å²) in [5.41, 5.74) is 4.49. The van der Waals surface area contributed by atoms with Gasteiger partial charge in [-0.2, -0.15) is 0 Å². The molecule has 1 aliphatic rings. The number of hydrogen-bond donors (Lipinski definition) is 1. The number of nitrogens with one attached hydrogen (secondary N) is 1. The smallest absolute Gasteiger partial charge is 0.290 e. The molecule has 1 aliphatic heterocycles. The molecule has 8 heteroatoms. The number of aromatic nitrogens is 2. The minimum atomic E-state index is -0.375. The first kappa shape index (κ1) is 22.9. The average Bonchev–Trinajstić information content (AvgIpc) is 3.37. The molecule has 0 aliphatic carbocycles. The zero-order valence-electron chi connectivity index (χ0n) is 18.7. The molecule has 2 heterocycles. The van der Waals surface area contributed by atoms with E-state index in [9.17, 15) is 9.59 Å². The van der Waals surface area contributed by atoms with E-state index in [1.807, 2.05) is 42.5 Å². The number of halogens is 2. The van der Waals surface area contributed by atoms with Crippen molar-refractivity contribution in [2.24, 2.45) is 0 Å². The van der Waals surface area contributed by atoms with E-state index in [1.165, 1.54) is 10.8 Å². The standard InChI is InChI=1S/C28H17Cl2N3O2S/c29-21-13-23-24(14-22(21)30)33(15-17-7-8-18-3-1-2-4-20(18)11-17)26(31-23)19-9-5-16(6-10-19)12-25-27(34)32-28(35)36-25/h1-14H,15H2,(H,32,34,35). The van der Waals surface area contributed by atoms with Gasteiger partial charge in [0, 0.05) is 12.1 Å². The molecule has 0 unspecified atom stereocenters. The van der Waals surface area contributed by atoms with E-state index in [4.69, 9.17) is 28.2 Å². The number of imide groups is 1. The topological polar surface area (TPSA) is 64.0 Å². The molecule has 176 valence electrons. The molecule has 1 saturated heterocycles. The predicted molar refractivity (Wildman–Crippen MR) is 147 cm³/mol. The summed E-state index contributed by atoms with van der Waals surface area (Å²) in [6.07, 6.45) is 1.70. The predicted octanol–water partition coefficient (Wildman–Crippen LogP) is 7.54. The summed E-state index contributed by atoms with van der Waals surface area (Å²) in [5, 5.41) is 5.20. The Morgan fingerprint density at radius 2 is 1.64 bits per heavy atom. The quantitative estimate of drug-likeness (QED) is 0.244. The number of nitrogens with zero attached hydrogens (tertiary/aromatic N) is 2. The number of fused-ring (bicyclic) bond motifs is 2. The van der Waals surface area contributed by atoms with Gasteiger partial charge in [0.05, 0.1) is 26.0 Å². The highest BCUT2D eigenvalue weighted by atomic mass is 35.5. The maximum atomic E-state index is 11.9.